The number of nitrogen functional groups attached to an aromatic ring is 1. The summed E-state index contributed by atoms with van der Waals surface area (Å²) in [6.45, 7) is 16.4. The number of aromatic nitrogens is 4. The Morgan fingerprint density at radius 1 is 0.786 bits per heavy atom. The lowest BCUT2D eigenvalue weighted by molar-refractivity contribution is -0.273. The molecular weight excluding hydrogens is 1330 g/mol. The number of nitrogens with one attached hydrogen (secondary N) is 4. The van der Waals surface area contributed by atoms with Gasteiger partial charge in [0.25, 0.3) is 5.56 Å². The van der Waals surface area contributed by atoms with E-state index >= 15 is 0 Å². The van der Waals surface area contributed by atoms with Crippen LogP contribution in [0.4, 0.5) is 5.95 Å². The molecule has 2 aliphatic heterocycles. The molecule has 0 radical (unpaired) electrons. The third kappa shape index (κ3) is 20.9. The van der Waals surface area contributed by atoms with Gasteiger partial charge >= 0.3 is 15.6 Å². The van der Waals surface area contributed by atoms with Crippen LogP contribution in [0.5, 0.6) is 0 Å². The number of H-pyrrole nitrogens is 1. The van der Waals surface area contributed by atoms with Crippen LogP contribution in [0.25, 0.3) is 11.2 Å². The van der Waals surface area contributed by atoms with Crippen LogP contribution in [0.3, 0.4) is 0 Å². The standard InChI is InChI=1S/C61H101N11O24P2/c1-15-25-71(36(17-3)53(91-14)33(9)55(82)65-34(10)47(76)35-21-19-18-20-22-35)42(75)26-37(90-13)46(32(8)16-2)70(12)58(85)43(30(4)5)66-57(84)45(31(6)7)69(11)41(74)24-23-40(73)63-27-38-48(77)50(79)52(81)60(94-38)95-98(88,89)96-97(86,87)92-28-39-49(78)51(80)59(93-39)72-29-64-44-54(72)67-61(62)68-56(44)83/h18-22,29-34,36-39,43,45-53,59-60,76-81H,15-17,23-28H2,1-14H3,(H,63,73)(H,65,82)(H,66,84)(H,86,87)(H,88,89)(H3,62,67,68,83)/t32-,33+,34+,36-,37+,38?,39?,43?,45?,46-,47+,48?,49?,50?,51?,52?,53+,59?,60?/m0/s1. The first-order valence-electron chi connectivity index (χ1n) is 32.5. The summed E-state index contributed by atoms with van der Waals surface area (Å²) in [6, 6.07) is 4.68. The molecule has 2 saturated heterocycles. The van der Waals surface area contributed by atoms with Crippen LogP contribution in [0, 0.1) is 23.7 Å². The van der Waals surface area contributed by atoms with Gasteiger partial charge in [-0.3, -0.25) is 52.2 Å². The average Bonchev–Trinajstić information content (AvgIpc) is 1.60. The molecule has 4 heterocycles. The van der Waals surface area contributed by atoms with Crippen molar-refractivity contribution in [3.8, 4) is 0 Å². The number of aliphatic hydroxyl groups is 6. The molecule has 21 atom stereocenters. The molecule has 554 valence electrons. The number of hydrogen-bond acceptors (Lipinski definition) is 25. The minimum atomic E-state index is -5.87. The third-order valence-corrected chi connectivity index (χ3v) is 20.4. The van der Waals surface area contributed by atoms with Crippen molar-refractivity contribution in [1.29, 1.82) is 0 Å². The molecular formula is C61H101N11O24P2. The number of aromatic amines is 1. The number of ether oxygens (including phenoxy) is 4. The summed E-state index contributed by atoms with van der Waals surface area (Å²) in [5.41, 5.74) is 5.14. The Kier molecular flexibility index (Phi) is 30.9. The lowest BCUT2D eigenvalue weighted by atomic mass is 9.89. The first kappa shape index (κ1) is 82.7. The maximum Gasteiger partial charge on any atom is 0.483 e. The third-order valence-electron chi connectivity index (χ3n) is 17.8. The summed E-state index contributed by atoms with van der Waals surface area (Å²) in [5, 5.41) is 72.6. The highest BCUT2D eigenvalue weighted by atomic mass is 31.3. The van der Waals surface area contributed by atoms with Crippen molar-refractivity contribution in [1.82, 2.24) is 50.2 Å². The van der Waals surface area contributed by atoms with Crippen LogP contribution in [-0.4, -0.2) is 250 Å². The lowest BCUT2D eigenvalue weighted by Gasteiger charge is -2.42. The summed E-state index contributed by atoms with van der Waals surface area (Å²) in [7, 11) is -5.72. The fraction of sp³-hybridized carbons (Fsp3) is 0.721. The Labute approximate surface area is 568 Å². The van der Waals surface area contributed by atoms with Gasteiger partial charge in [0.1, 0.15) is 54.8 Å². The summed E-state index contributed by atoms with van der Waals surface area (Å²) in [4.78, 5) is 132. The van der Waals surface area contributed by atoms with E-state index in [2.05, 4.69) is 35.2 Å². The van der Waals surface area contributed by atoms with Gasteiger partial charge in [-0.25, -0.2) is 14.1 Å². The molecule has 37 heteroatoms. The monoisotopic (exact) mass is 1430 g/mol. The van der Waals surface area contributed by atoms with Gasteiger partial charge in [0.05, 0.1) is 61.7 Å². The molecule has 5 rings (SSSR count). The summed E-state index contributed by atoms with van der Waals surface area (Å²) in [6.07, 6.45) is -18.6. The first-order valence-corrected chi connectivity index (χ1v) is 35.5. The van der Waals surface area contributed by atoms with Crippen molar-refractivity contribution in [2.24, 2.45) is 23.7 Å². The zero-order valence-electron chi connectivity index (χ0n) is 57.7. The van der Waals surface area contributed by atoms with E-state index in [1.165, 1.54) is 26.2 Å². The van der Waals surface area contributed by atoms with E-state index in [0.717, 1.165) is 15.8 Å². The molecule has 6 amide bonds. The van der Waals surface area contributed by atoms with Gasteiger partial charge in [-0.2, -0.15) is 9.29 Å². The van der Waals surface area contributed by atoms with Gasteiger partial charge in [-0.05, 0) is 43.1 Å². The number of imidazole rings is 1. The molecule has 14 N–H and O–H groups in total. The molecule has 0 bridgehead atoms. The maximum absolute atomic E-state index is 14.9. The van der Waals surface area contributed by atoms with E-state index in [-0.39, 0.29) is 41.3 Å². The largest absolute Gasteiger partial charge is 0.483 e. The van der Waals surface area contributed by atoms with Gasteiger partial charge in [0, 0.05) is 54.2 Å². The number of fused-ring (bicyclic) bond motifs is 1. The van der Waals surface area contributed by atoms with E-state index in [1.807, 2.05) is 33.8 Å². The van der Waals surface area contributed by atoms with E-state index in [0.29, 0.717) is 31.4 Å². The Morgan fingerprint density at radius 3 is 2.01 bits per heavy atom. The minimum Gasteiger partial charge on any atom is -0.388 e. The number of anilines is 1. The number of likely N-dealkylation sites (N-methyl/N-ethyl adjacent to an activating group) is 2. The number of carbonyl (C=O) groups is 6. The van der Waals surface area contributed by atoms with Gasteiger partial charge in [-0.1, -0.05) is 99.1 Å². The number of nitrogens with two attached hydrogens (primary N) is 1. The molecule has 0 aliphatic carbocycles. The predicted molar refractivity (Wildman–Crippen MR) is 350 cm³/mol. The average molecular weight is 1430 g/mol. The van der Waals surface area contributed by atoms with Crippen LogP contribution < -0.4 is 27.2 Å². The highest BCUT2D eigenvalue weighted by molar-refractivity contribution is 7.61. The predicted octanol–water partition coefficient (Wildman–Crippen LogP) is 0.0842. The topological polar surface area (TPSA) is 498 Å². The number of nitrogens with zero attached hydrogens (tertiary/aromatic N) is 6. The lowest BCUT2D eigenvalue weighted by Crippen LogP contribution is -2.60. The fourth-order valence-corrected chi connectivity index (χ4v) is 14.4. The van der Waals surface area contributed by atoms with Crippen LogP contribution in [0.2, 0.25) is 0 Å². The molecule has 2 fully saturated rings. The smallest absolute Gasteiger partial charge is 0.388 e. The van der Waals surface area contributed by atoms with Crippen molar-refractivity contribution in [2.75, 3.05) is 53.7 Å². The number of phosphoric acid groups is 2. The maximum atomic E-state index is 14.9. The number of methoxy groups -OCH3 is 2. The molecule has 1 aromatic carbocycles. The fourth-order valence-electron chi connectivity index (χ4n) is 12.2. The number of amides is 6. The van der Waals surface area contributed by atoms with E-state index in [9.17, 15) is 83.1 Å². The Balaban J connectivity index is 1.17. The summed E-state index contributed by atoms with van der Waals surface area (Å²) >= 11 is 0. The van der Waals surface area contributed by atoms with E-state index in [1.54, 1.807) is 77.8 Å². The molecule has 2 aliphatic rings. The van der Waals surface area contributed by atoms with Crippen molar-refractivity contribution < 1.29 is 111 Å². The van der Waals surface area contributed by atoms with Crippen LogP contribution in [0.15, 0.2) is 41.5 Å². The molecule has 35 nitrogen and oxygen atoms in total. The number of phosphoric ester groups is 2. The number of carbonyl (C=O) groups excluding carboxylic acids is 6. The second-order valence-electron chi connectivity index (χ2n) is 25.5. The van der Waals surface area contributed by atoms with Gasteiger partial charge < -0.3 is 95.8 Å². The zero-order valence-corrected chi connectivity index (χ0v) is 59.5. The molecule has 13 unspecified atom stereocenters. The van der Waals surface area contributed by atoms with Gasteiger partial charge in [0.2, 0.25) is 41.4 Å². The highest BCUT2D eigenvalue weighted by Gasteiger charge is 2.51. The zero-order chi connectivity index (χ0) is 73.6. The van der Waals surface area contributed by atoms with Gasteiger partial charge in [-0.15, -0.1) is 0 Å². The van der Waals surface area contributed by atoms with Crippen LogP contribution >= 0.6 is 15.6 Å². The van der Waals surface area contributed by atoms with Crippen molar-refractivity contribution >= 4 is 68.2 Å². The van der Waals surface area contributed by atoms with Gasteiger partial charge in [0.15, 0.2) is 23.7 Å². The van der Waals surface area contributed by atoms with E-state index < -0.39 is 192 Å². The van der Waals surface area contributed by atoms with Crippen LogP contribution in [0.1, 0.15) is 126 Å². The van der Waals surface area contributed by atoms with E-state index in [4.69, 9.17) is 33.7 Å². The summed E-state index contributed by atoms with van der Waals surface area (Å²) < 4.78 is 63.9. The normalized spacial score (nSPS) is 24.8. The Morgan fingerprint density at radius 2 is 1.43 bits per heavy atom. The molecule has 0 saturated carbocycles. The second kappa shape index (κ2) is 36.6. The molecule has 3 aromatic rings. The minimum absolute atomic E-state index is 0.164. The summed E-state index contributed by atoms with van der Waals surface area (Å²) in [5.74, 6) is -5.78. The van der Waals surface area contributed by atoms with Crippen molar-refractivity contribution in [3.63, 3.8) is 0 Å². The van der Waals surface area contributed by atoms with Crippen LogP contribution in [-0.2, 0) is 70.2 Å². The SMILES string of the molecule is CCCN(C(=O)C[C@@H](OC)[C@H]([C@@H](C)CC)N(C)C(=O)C(NC(=O)C(C(C)C)N(C)C(=O)CCC(=O)NCC1OC(OP(=O)(O)OP(=O)(O)OCC2OC(n3cnc4c(=O)[nH]c(N)nc43)C(O)C2O)C(O)C(O)C1O)C(C)C)[C@@H](CC)[C@H](OC)[C@@H](C)C(=O)N[C@H](C)[C@@H](O)c1ccccc1. The Hall–Kier alpha value is -5.95. The first-order chi connectivity index (χ1) is 45.9. The highest BCUT2D eigenvalue weighted by Crippen LogP contribution is 2.61. The number of rotatable bonds is 37. The van der Waals surface area contributed by atoms with Crippen molar-refractivity contribution in [2.45, 2.75) is 212 Å². The number of aliphatic hydroxyl groups excluding tert-OH is 6. The molecule has 98 heavy (non-hydrogen) atoms. The number of benzene rings is 1. The second-order valence-corrected chi connectivity index (χ2v) is 28.5. The molecule has 2 aromatic heterocycles. The quantitative estimate of drug-likeness (QED) is 0.0340. The van der Waals surface area contributed by atoms with Crippen molar-refractivity contribution in [3.05, 3.63) is 52.6 Å². The number of hydrogen-bond donors (Lipinski definition) is 13. The molecule has 0 spiro atoms. The Bertz CT molecular complexity index is 3300.